The Morgan fingerprint density at radius 2 is 2.27 bits per heavy atom. The molecule has 0 aromatic heterocycles. The van der Waals surface area contributed by atoms with Gasteiger partial charge in [0.1, 0.15) is 0 Å². The molecule has 0 saturated heterocycles. The molecule has 1 aromatic rings. The second-order valence-corrected chi connectivity index (χ2v) is 4.49. The van der Waals surface area contributed by atoms with Gasteiger partial charge in [0.05, 0.1) is 5.71 Å². The number of fused-ring (bicyclic) bond motifs is 3. The molecular formula is C13H13NO. The van der Waals surface area contributed by atoms with Gasteiger partial charge in [-0.15, -0.1) is 0 Å². The van der Waals surface area contributed by atoms with Gasteiger partial charge in [0, 0.05) is 12.3 Å². The van der Waals surface area contributed by atoms with Gasteiger partial charge in [0.2, 0.25) is 5.91 Å². The summed E-state index contributed by atoms with van der Waals surface area (Å²) in [5, 5.41) is 0. The van der Waals surface area contributed by atoms with Gasteiger partial charge in [-0.05, 0) is 30.9 Å². The number of rotatable bonds is 0. The van der Waals surface area contributed by atoms with Crippen molar-refractivity contribution >= 4 is 11.6 Å². The van der Waals surface area contributed by atoms with Crippen molar-refractivity contribution < 1.29 is 4.79 Å². The third-order valence-corrected chi connectivity index (χ3v) is 3.34. The van der Waals surface area contributed by atoms with E-state index in [0.717, 1.165) is 18.6 Å². The van der Waals surface area contributed by atoms with E-state index >= 15 is 0 Å². The summed E-state index contributed by atoms with van der Waals surface area (Å²) in [6.07, 6.45) is 2.68. The molecule has 2 nitrogen and oxygen atoms in total. The van der Waals surface area contributed by atoms with Crippen LogP contribution in [0.5, 0.6) is 0 Å². The van der Waals surface area contributed by atoms with Crippen molar-refractivity contribution in [2.75, 3.05) is 0 Å². The first-order chi connectivity index (χ1) is 7.24. The smallest absolute Gasteiger partial charge is 0.245 e. The van der Waals surface area contributed by atoms with E-state index in [1.165, 1.54) is 16.7 Å². The van der Waals surface area contributed by atoms with Crippen LogP contribution in [0.1, 0.15) is 29.5 Å². The molecule has 1 unspecified atom stereocenters. The fourth-order valence-corrected chi connectivity index (χ4v) is 2.60. The molecule has 0 radical (unpaired) electrons. The number of hydrogen-bond donors (Lipinski definition) is 0. The number of carbonyl (C=O) groups excluding carboxylic acids is 1. The van der Waals surface area contributed by atoms with Crippen LogP contribution in [-0.4, -0.2) is 11.6 Å². The molecule has 1 heterocycles. The molecule has 76 valence electrons. The van der Waals surface area contributed by atoms with Crippen LogP contribution in [0.4, 0.5) is 0 Å². The zero-order chi connectivity index (χ0) is 10.4. The van der Waals surface area contributed by atoms with Gasteiger partial charge in [-0.3, -0.25) is 4.79 Å². The Hall–Kier alpha value is -1.44. The highest BCUT2D eigenvalue weighted by Crippen LogP contribution is 2.33. The lowest BCUT2D eigenvalue weighted by atomic mass is 9.95. The summed E-state index contributed by atoms with van der Waals surface area (Å²) < 4.78 is 0. The zero-order valence-corrected chi connectivity index (χ0v) is 8.79. The van der Waals surface area contributed by atoms with Crippen LogP contribution in [-0.2, 0) is 11.2 Å². The molecule has 2 aliphatic rings. The van der Waals surface area contributed by atoms with E-state index in [1.54, 1.807) is 0 Å². The highest BCUT2D eigenvalue weighted by Gasteiger charge is 2.31. The Morgan fingerprint density at radius 3 is 3.13 bits per heavy atom. The number of aryl methyl sites for hydroxylation is 1. The standard InChI is InChI=1S/C13H13NO/c1-8-2-4-11-10(6-8)7-9-3-5-12(15)14-13(9)11/h2,4,6,9H,3,5,7H2,1H3. The lowest BCUT2D eigenvalue weighted by molar-refractivity contribution is -0.118. The molecule has 1 aliphatic heterocycles. The summed E-state index contributed by atoms with van der Waals surface area (Å²) in [6, 6.07) is 6.44. The number of nitrogens with zero attached hydrogens (tertiary/aromatic N) is 1. The summed E-state index contributed by atoms with van der Waals surface area (Å²) in [5.41, 5.74) is 4.91. The Bertz CT molecular complexity index is 473. The minimum absolute atomic E-state index is 0.0506. The molecule has 1 aromatic carbocycles. The maximum Gasteiger partial charge on any atom is 0.245 e. The van der Waals surface area contributed by atoms with Crippen molar-refractivity contribution in [1.29, 1.82) is 0 Å². The molecule has 2 heteroatoms. The molecule has 1 aliphatic carbocycles. The molecular weight excluding hydrogens is 186 g/mol. The maximum absolute atomic E-state index is 11.3. The molecule has 1 amide bonds. The van der Waals surface area contributed by atoms with Gasteiger partial charge in [-0.1, -0.05) is 23.8 Å². The normalized spacial score (nSPS) is 23.4. The van der Waals surface area contributed by atoms with Gasteiger partial charge in [0.15, 0.2) is 0 Å². The van der Waals surface area contributed by atoms with Crippen molar-refractivity contribution in [3.05, 3.63) is 34.9 Å². The number of aliphatic imine (C=N–C) groups is 1. The predicted molar refractivity (Wildman–Crippen MR) is 59.2 cm³/mol. The molecule has 1 atom stereocenters. The Labute approximate surface area is 89.0 Å². The molecule has 0 fully saturated rings. The minimum atomic E-state index is 0.0506. The maximum atomic E-state index is 11.3. The van der Waals surface area contributed by atoms with Crippen LogP contribution < -0.4 is 0 Å². The second kappa shape index (κ2) is 3.02. The number of benzene rings is 1. The summed E-state index contributed by atoms with van der Waals surface area (Å²) in [5.74, 6) is 0.550. The van der Waals surface area contributed by atoms with Crippen LogP contribution in [0.15, 0.2) is 23.2 Å². The average Bonchev–Trinajstić information content (AvgIpc) is 2.54. The summed E-state index contributed by atoms with van der Waals surface area (Å²) in [6.45, 7) is 2.11. The van der Waals surface area contributed by atoms with Crippen LogP contribution in [0.3, 0.4) is 0 Å². The quantitative estimate of drug-likeness (QED) is 0.630. The van der Waals surface area contributed by atoms with E-state index < -0.39 is 0 Å². The zero-order valence-electron chi connectivity index (χ0n) is 8.79. The summed E-state index contributed by atoms with van der Waals surface area (Å²) >= 11 is 0. The fraction of sp³-hybridized carbons (Fsp3) is 0.385. The first-order valence-corrected chi connectivity index (χ1v) is 5.45. The van der Waals surface area contributed by atoms with Gasteiger partial charge < -0.3 is 0 Å². The van der Waals surface area contributed by atoms with Crippen molar-refractivity contribution in [3.8, 4) is 0 Å². The van der Waals surface area contributed by atoms with Gasteiger partial charge in [-0.25, -0.2) is 4.99 Å². The van der Waals surface area contributed by atoms with Crippen molar-refractivity contribution in [2.45, 2.75) is 26.2 Å². The lowest BCUT2D eigenvalue weighted by Crippen LogP contribution is -2.19. The van der Waals surface area contributed by atoms with Crippen molar-refractivity contribution in [3.63, 3.8) is 0 Å². The molecule has 0 bridgehead atoms. The molecule has 0 N–H and O–H groups in total. The molecule has 0 spiro atoms. The van der Waals surface area contributed by atoms with Crippen LogP contribution in [0.25, 0.3) is 0 Å². The highest BCUT2D eigenvalue weighted by atomic mass is 16.1. The van der Waals surface area contributed by atoms with Crippen LogP contribution in [0, 0.1) is 12.8 Å². The monoisotopic (exact) mass is 199 g/mol. The van der Waals surface area contributed by atoms with E-state index in [1.807, 2.05) is 0 Å². The Morgan fingerprint density at radius 1 is 1.40 bits per heavy atom. The molecule has 3 rings (SSSR count). The number of carbonyl (C=O) groups is 1. The fourth-order valence-electron chi connectivity index (χ4n) is 2.60. The number of amides is 1. The van der Waals surface area contributed by atoms with E-state index in [2.05, 4.69) is 30.1 Å². The molecule has 0 saturated carbocycles. The third-order valence-electron chi connectivity index (χ3n) is 3.34. The minimum Gasteiger partial charge on any atom is -0.273 e. The van der Waals surface area contributed by atoms with E-state index in [-0.39, 0.29) is 5.91 Å². The third kappa shape index (κ3) is 1.32. The van der Waals surface area contributed by atoms with E-state index in [9.17, 15) is 4.79 Å². The predicted octanol–water partition coefficient (Wildman–Crippen LogP) is 2.28. The molecule has 15 heavy (non-hydrogen) atoms. The summed E-state index contributed by atoms with van der Waals surface area (Å²) in [7, 11) is 0. The van der Waals surface area contributed by atoms with Crippen LogP contribution >= 0.6 is 0 Å². The Kier molecular flexibility index (Phi) is 1.78. The van der Waals surface area contributed by atoms with E-state index in [4.69, 9.17) is 0 Å². The van der Waals surface area contributed by atoms with E-state index in [0.29, 0.717) is 12.3 Å². The first-order valence-electron chi connectivity index (χ1n) is 5.45. The highest BCUT2D eigenvalue weighted by molar-refractivity contribution is 6.12. The SMILES string of the molecule is Cc1ccc2c(c1)CC1CCC(=O)N=C21. The first kappa shape index (κ1) is 8.84. The van der Waals surface area contributed by atoms with Gasteiger partial charge >= 0.3 is 0 Å². The second-order valence-electron chi connectivity index (χ2n) is 4.49. The van der Waals surface area contributed by atoms with Gasteiger partial charge in [-0.2, -0.15) is 0 Å². The van der Waals surface area contributed by atoms with Crippen molar-refractivity contribution in [1.82, 2.24) is 0 Å². The average molecular weight is 199 g/mol. The number of hydrogen-bond acceptors (Lipinski definition) is 1. The topological polar surface area (TPSA) is 29.4 Å². The largest absolute Gasteiger partial charge is 0.273 e. The van der Waals surface area contributed by atoms with Crippen molar-refractivity contribution in [2.24, 2.45) is 10.9 Å². The van der Waals surface area contributed by atoms with Gasteiger partial charge in [0.25, 0.3) is 0 Å². The Balaban J connectivity index is 2.14. The van der Waals surface area contributed by atoms with Crippen LogP contribution in [0.2, 0.25) is 0 Å². The lowest BCUT2D eigenvalue weighted by Gasteiger charge is -2.14. The summed E-state index contributed by atoms with van der Waals surface area (Å²) in [4.78, 5) is 15.5.